The van der Waals surface area contributed by atoms with E-state index in [-0.39, 0.29) is 99.9 Å². The molecule has 0 aromatic heterocycles. The predicted molar refractivity (Wildman–Crippen MR) is 640 cm³/mol. The third kappa shape index (κ3) is 35.0. The van der Waals surface area contributed by atoms with E-state index in [1.807, 2.05) is 0 Å². The van der Waals surface area contributed by atoms with Gasteiger partial charge in [0.15, 0.2) is 0 Å². The molecule has 0 aliphatic heterocycles. The molecule has 8 fully saturated rings. The van der Waals surface area contributed by atoms with Gasteiger partial charge in [-0.25, -0.2) is 0 Å². The maximum atomic E-state index is 4.93. The second kappa shape index (κ2) is 69.9. The van der Waals surface area contributed by atoms with Crippen LogP contribution in [0.3, 0.4) is 0 Å². The number of hydrogen-bond acceptors (Lipinski definition) is 0. The molecule has 0 bridgehead atoms. The van der Waals surface area contributed by atoms with Crippen LogP contribution >= 0.6 is 68.1 Å². The molecular formula is C132H196Cl8Zr4. The summed E-state index contributed by atoms with van der Waals surface area (Å²) in [6.45, 7) is 31.5. The van der Waals surface area contributed by atoms with Crippen molar-refractivity contribution in [2.45, 2.75) is 227 Å². The SMILES string of the molecule is C.C.C.C.C=CCC1CC(CCC2C3C=C(C)C=CC3C3C=CC(C(C)(C)C)=CC32)C2C=CC=CC12.C=CCCC1CC(CCC2C3C=C(C)C=CC3C3C=CC(C(C)(C)C)=CC32)C2C=CC=CC12.CCCC1CC(CCC2C3C=CC=CC3C3C=CC=CC32)C2C=CC=CC12.CCCCC1CC(CCC2C3C=CC=CC3C3C=CC=CC32)C2C=CC=CC12.[CH3-].[CH3-].[CH3-].[CH3-].[CH3-].[CH3-].[CH3-].[CH3-].[Cl][Zr+2][Cl].[Cl][Zr+2][Cl].[Cl][Zr+2][Cl].[Cl][Zr+2][Cl]. The van der Waals surface area contributed by atoms with Crippen LogP contribution in [-0.4, -0.2) is 0 Å². The monoisotopic (exact) mass is 2420 g/mol. The van der Waals surface area contributed by atoms with Gasteiger partial charge in [0.25, 0.3) is 0 Å². The van der Waals surface area contributed by atoms with E-state index in [0.29, 0.717) is 47.3 Å². The Balaban J connectivity index is 0.000000902. The molecule has 0 aromatic rings. The van der Waals surface area contributed by atoms with Gasteiger partial charge in [-0.1, -0.05) is 401 Å². The van der Waals surface area contributed by atoms with E-state index in [9.17, 15) is 0 Å². The van der Waals surface area contributed by atoms with Gasteiger partial charge in [0.05, 0.1) is 0 Å². The van der Waals surface area contributed by atoms with Crippen molar-refractivity contribution < 1.29 is 83.4 Å². The molecule has 796 valence electrons. The Kier molecular flexibility index (Phi) is 68.5. The summed E-state index contributed by atoms with van der Waals surface area (Å²) in [5, 5.41) is 0. The number of hydrogen-bond donors (Lipinski definition) is 0. The van der Waals surface area contributed by atoms with Gasteiger partial charge in [0.2, 0.25) is 0 Å². The van der Waals surface area contributed by atoms with Crippen molar-refractivity contribution in [3.05, 3.63) is 374 Å². The van der Waals surface area contributed by atoms with Crippen molar-refractivity contribution in [3.63, 3.8) is 0 Å². The molecule has 34 unspecified atom stereocenters. The number of allylic oxidation sites excluding steroid dienone is 50. The van der Waals surface area contributed by atoms with Crippen molar-refractivity contribution >= 4 is 68.1 Å². The number of halogens is 8. The van der Waals surface area contributed by atoms with E-state index in [4.69, 9.17) is 68.1 Å². The molecule has 34 atom stereocenters. The fourth-order valence-electron chi connectivity index (χ4n) is 30.3. The van der Waals surface area contributed by atoms with Crippen LogP contribution in [-0.2, 0) is 83.4 Å². The number of rotatable bonds is 22. The third-order valence-electron chi connectivity index (χ3n) is 35.9. The van der Waals surface area contributed by atoms with Crippen LogP contribution in [0.1, 0.15) is 227 Å². The molecule has 0 heterocycles. The van der Waals surface area contributed by atoms with Gasteiger partial charge in [-0.2, -0.15) is 0 Å². The summed E-state index contributed by atoms with van der Waals surface area (Å²) in [5.41, 5.74) is 6.48. The zero-order chi connectivity index (χ0) is 93.6. The second-order valence-corrected chi connectivity index (χ2v) is 59.5. The molecule has 20 rings (SSSR count). The normalized spacial score (nSPS) is 36.2. The van der Waals surface area contributed by atoms with E-state index in [0.717, 1.165) is 172 Å². The second-order valence-electron chi connectivity index (χ2n) is 44.6. The summed E-state index contributed by atoms with van der Waals surface area (Å²) in [7, 11) is 39.5. The molecule has 8 saturated carbocycles. The average Bonchev–Trinajstić information content (AvgIpc) is 1.60. The van der Waals surface area contributed by atoms with Crippen LogP contribution in [0, 0.1) is 283 Å². The molecule has 0 aromatic carbocycles. The molecule has 0 N–H and O–H groups in total. The zero-order valence-corrected chi connectivity index (χ0v) is 105. The van der Waals surface area contributed by atoms with Crippen LogP contribution in [0.15, 0.2) is 315 Å². The molecule has 0 spiro atoms. The van der Waals surface area contributed by atoms with Crippen molar-refractivity contribution in [1.29, 1.82) is 0 Å². The Morgan fingerprint density at radius 2 is 0.458 bits per heavy atom. The van der Waals surface area contributed by atoms with Gasteiger partial charge in [0, 0.05) is 0 Å². The molecule has 20 aliphatic rings. The van der Waals surface area contributed by atoms with E-state index in [1.165, 1.54) is 133 Å². The summed E-state index contributed by atoms with van der Waals surface area (Å²) < 4.78 is 0. The van der Waals surface area contributed by atoms with Gasteiger partial charge in [-0.3, -0.25) is 0 Å². The summed E-state index contributed by atoms with van der Waals surface area (Å²) in [5.74, 6) is 27.9. The van der Waals surface area contributed by atoms with Crippen molar-refractivity contribution in [2.24, 2.45) is 224 Å². The van der Waals surface area contributed by atoms with Crippen LogP contribution in [0.4, 0.5) is 0 Å². The van der Waals surface area contributed by atoms with E-state index in [1.54, 1.807) is 11.1 Å². The molecule has 0 radical (unpaired) electrons. The van der Waals surface area contributed by atoms with Crippen LogP contribution in [0.5, 0.6) is 0 Å². The molecule has 144 heavy (non-hydrogen) atoms. The van der Waals surface area contributed by atoms with Crippen LogP contribution in [0.2, 0.25) is 0 Å². The minimum atomic E-state index is -0.826. The summed E-state index contributed by atoms with van der Waals surface area (Å²) >= 11 is -3.30. The minimum absolute atomic E-state index is 0. The number of fused-ring (bicyclic) bond motifs is 16. The standard InChI is InChI=1S/C33H44.C32H42.C28H36.C27H34.4CH4.8CH3.8ClH.4Zr/c1-6-7-10-23-20-24(27-12-9-8-11-26(23)27)14-17-30-31-19-22(2)13-16-28(31)29-18-15-25(21-32(29)30)33(3,4)5;1-6-9-22-19-23(26-11-8-7-10-25(22)26)13-16-29-30-18-21(2)12-15-27(30)28-17-14-24(20-31(28)29)32(3,4)5;1-2-3-10-20-19-21(23-12-5-4-11-22(20)23)17-18-28-26-15-8-6-13-24(26)25-14-7-9-16-27(25)28;1-2-9-19-18-20(22-11-4-3-10-21(19)22)16-17-27-25-14-7-5-12-23(25)24-13-6-8-15-26(24)27;;;;;;;;;;;;;;;;;;;;;;;;/h6,8-9,11-13,15-16,18-19,21,23-24,26-32H,1,7,10,14,17,20H2,2-5H3;6-8,10-12,14-15,17-18,20,22-23,25-31H,1,9,13,16,19H2,2-5H3;4-9,11-16,20-28H,2-3,10,17-19H2,1H3;3-8,10-15,19-27H,2,9,16-18H2,1H3;4*1H4;8*1H3;8*1H;;;;/q;;;;;;;;8*-1;;;;;;;;;4*+4/p-8. The van der Waals surface area contributed by atoms with Gasteiger partial charge in [-0.15, -0.1) is 13.2 Å². The predicted octanol–water partition coefficient (Wildman–Crippen LogP) is 43.2. The molecule has 0 amide bonds. The molecule has 20 aliphatic carbocycles. The van der Waals surface area contributed by atoms with Crippen molar-refractivity contribution in [2.75, 3.05) is 0 Å². The first-order valence-corrected chi connectivity index (χ1v) is 76.9. The fourth-order valence-corrected chi connectivity index (χ4v) is 30.3. The van der Waals surface area contributed by atoms with Crippen molar-refractivity contribution in [1.82, 2.24) is 0 Å². The molecule has 0 nitrogen and oxygen atoms in total. The fraction of sp³-hybridized carbons (Fsp3) is 0.545. The van der Waals surface area contributed by atoms with Gasteiger partial charge in [0.1, 0.15) is 0 Å². The Labute approximate surface area is 965 Å². The summed E-state index contributed by atoms with van der Waals surface area (Å²) in [6, 6.07) is 0. The molecular weight excluding hydrogens is 2230 g/mol. The van der Waals surface area contributed by atoms with Crippen molar-refractivity contribution in [3.8, 4) is 0 Å². The first-order chi connectivity index (χ1) is 64.1. The first kappa shape index (κ1) is 141. The maximum absolute atomic E-state index is 4.93. The Morgan fingerprint density at radius 3 is 0.708 bits per heavy atom. The van der Waals surface area contributed by atoms with E-state index < -0.39 is 83.4 Å². The number of unbranched alkanes of at least 4 members (excludes halogenated alkanes) is 1. The third-order valence-corrected chi connectivity index (χ3v) is 35.9. The Morgan fingerprint density at radius 1 is 0.250 bits per heavy atom. The average molecular weight is 2430 g/mol. The summed E-state index contributed by atoms with van der Waals surface area (Å²) in [4.78, 5) is 0. The zero-order valence-electron chi connectivity index (χ0n) is 88.9. The van der Waals surface area contributed by atoms with Crippen LogP contribution < -0.4 is 0 Å². The van der Waals surface area contributed by atoms with E-state index >= 15 is 0 Å². The Hall–Kier alpha value is -0.908. The Bertz CT molecular complexity index is 4460. The molecule has 0 saturated heterocycles. The van der Waals surface area contributed by atoms with Gasteiger partial charge in [-0.05, 0) is 352 Å². The van der Waals surface area contributed by atoms with Gasteiger partial charge < -0.3 is 59.4 Å². The van der Waals surface area contributed by atoms with Gasteiger partial charge >= 0.3 is 151 Å². The topological polar surface area (TPSA) is 0 Å². The van der Waals surface area contributed by atoms with Crippen LogP contribution in [0.25, 0.3) is 0 Å². The van der Waals surface area contributed by atoms with E-state index in [2.05, 4.69) is 362 Å². The summed E-state index contributed by atoms with van der Waals surface area (Å²) in [6.07, 6.45) is 139. The quantitative estimate of drug-likeness (QED) is 0.0749. The first-order valence-electron chi connectivity index (χ1n) is 51.5. The molecule has 12 heteroatoms.